The maximum absolute atomic E-state index is 11.4. The number of hydrogen-bond acceptors (Lipinski definition) is 5. The van der Waals surface area contributed by atoms with Crippen molar-refractivity contribution in [3.8, 4) is 11.5 Å². The molecule has 1 fully saturated rings. The van der Waals surface area contributed by atoms with Gasteiger partial charge in [0.15, 0.2) is 6.29 Å². The van der Waals surface area contributed by atoms with Crippen LogP contribution in [-0.2, 0) is 11.3 Å². The SMILES string of the molecule is C[C@H]1COC(Oc2cccc(OCc3ccc4ccc(=O)oc4c3)c2)C1. The molecule has 0 bridgehead atoms. The van der Waals surface area contributed by atoms with Gasteiger partial charge in [-0.1, -0.05) is 25.1 Å². The van der Waals surface area contributed by atoms with E-state index in [-0.39, 0.29) is 11.9 Å². The Labute approximate surface area is 151 Å². The first-order valence-electron chi connectivity index (χ1n) is 8.70. The molecule has 0 saturated carbocycles. The zero-order chi connectivity index (χ0) is 17.9. The van der Waals surface area contributed by atoms with Gasteiger partial charge in [0.25, 0.3) is 0 Å². The van der Waals surface area contributed by atoms with Crippen molar-refractivity contribution in [3.05, 3.63) is 70.6 Å². The van der Waals surface area contributed by atoms with E-state index in [9.17, 15) is 4.79 Å². The van der Waals surface area contributed by atoms with Gasteiger partial charge in [-0.3, -0.25) is 0 Å². The molecular formula is C21H20O5. The smallest absolute Gasteiger partial charge is 0.336 e. The van der Waals surface area contributed by atoms with Gasteiger partial charge in [-0.05, 0) is 35.7 Å². The highest BCUT2D eigenvalue weighted by Gasteiger charge is 2.23. The van der Waals surface area contributed by atoms with Crippen molar-refractivity contribution in [2.75, 3.05) is 6.61 Å². The van der Waals surface area contributed by atoms with Gasteiger partial charge in [-0.15, -0.1) is 0 Å². The van der Waals surface area contributed by atoms with E-state index in [4.69, 9.17) is 18.6 Å². The maximum atomic E-state index is 11.4. The molecule has 1 unspecified atom stereocenters. The topological polar surface area (TPSA) is 57.9 Å². The van der Waals surface area contributed by atoms with E-state index in [1.165, 1.54) is 6.07 Å². The predicted molar refractivity (Wildman–Crippen MR) is 97.4 cm³/mol. The van der Waals surface area contributed by atoms with Crippen LogP contribution in [-0.4, -0.2) is 12.9 Å². The summed E-state index contributed by atoms with van der Waals surface area (Å²) in [5.41, 5.74) is 1.12. The highest BCUT2D eigenvalue weighted by atomic mass is 16.7. The van der Waals surface area contributed by atoms with Crippen LogP contribution in [0.25, 0.3) is 11.0 Å². The second-order valence-electron chi connectivity index (χ2n) is 6.61. The number of ether oxygens (including phenoxy) is 3. The van der Waals surface area contributed by atoms with Crippen molar-refractivity contribution in [2.24, 2.45) is 5.92 Å². The van der Waals surface area contributed by atoms with E-state index >= 15 is 0 Å². The van der Waals surface area contributed by atoms with Crippen molar-refractivity contribution in [1.29, 1.82) is 0 Å². The summed E-state index contributed by atoms with van der Waals surface area (Å²) in [4.78, 5) is 11.4. The van der Waals surface area contributed by atoms with Crippen molar-refractivity contribution in [1.82, 2.24) is 0 Å². The summed E-state index contributed by atoms with van der Waals surface area (Å²) >= 11 is 0. The van der Waals surface area contributed by atoms with Crippen LogP contribution in [0.5, 0.6) is 11.5 Å². The molecule has 1 aliphatic heterocycles. The van der Waals surface area contributed by atoms with Gasteiger partial charge in [0.1, 0.15) is 23.7 Å². The third kappa shape index (κ3) is 3.89. The highest BCUT2D eigenvalue weighted by molar-refractivity contribution is 5.76. The van der Waals surface area contributed by atoms with E-state index in [0.717, 1.165) is 29.7 Å². The zero-order valence-corrected chi connectivity index (χ0v) is 14.5. The zero-order valence-electron chi connectivity index (χ0n) is 14.5. The van der Waals surface area contributed by atoms with Crippen molar-refractivity contribution >= 4 is 11.0 Å². The Morgan fingerprint density at radius 1 is 1.08 bits per heavy atom. The first kappa shape index (κ1) is 16.7. The van der Waals surface area contributed by atoms with Crippen molar-refractivity contribution < 1.29 is 18.6 Å². The van der Waals surface area contributed by atoms with Crippen LogP contribution < -0.4 is 15.1 Å². The van der Waals surface area contributed by atoms with E-state index in [2.05, 4.69) is 6.92 Å². The molecule has 0 amide bonds. The van der Waals surface area contributed by atoms with E-state index in [1.807, 2.05) is 42.5 Å². The fourth-order valence-electron chi connectivity index (χ4n) is 2.97. The molecule has 4 rings (SSSR count). The molecule has 0 spiro atoms. The molecule has 1 saturated heterocycles. The van der Waals surface area contributed by atoms with Gasteiger partial charge in [-0.25, -0.2) is 4.79 Å². The second kappa shape index (κ2) is 7.22. The van der Waals surface area contributed by atoms with Crippen LogP contribution in [0.3, 0.4) is 0 Å². The molecule has 3 aromatic rings. The average Bonchev–Trinajstić information content (AvgIpc) is 3.04. The lowest BCUT2D eigenvalue weighted by molar-refractivity contribution is -0.0394. The van der Waals surface area contributed by atoms with Crippen molar-refractivity contribution in [2.45, 2.75) is 26.2 Å². The summed E-state index contributed by atoms with van der Waals surface area (Å²) in [7, 11) is 0. The Balaban J connectivity index is 1.43. The summed E-state index contributed by atoms with van der Waals surface area (Å²) < 4.78 is 22.5. The van der Waals surface area contributed by atoms with Crippen LogP contribution in [0.1, 0.15) is 18.9 Å². The van der Waals surface area contributed by atoms with Crippen LogP contribution in [0.4, 0.5) is 0 Å². The van der Waals surface area contributed by atoms with Crippen LogP contribution in [0.2, 0.25) is 0 Å². The fraction of sp³-hybridized carbons (Fsp3) is 0.286. The van der Waals surface area contributed by atoms with E-state index < -0.39 is 0 Å². The minimum absolute atomic E-state index is 0.191. The monoisotopic (exact) mass is 352 g/mol. The summed E-state index contributed by atoms with van der Waals surface area (Å²) in [6.45, 7) is 3.25. The molecule has 2 heterocycles. The fourth-order valence-corrected chi connectivity index (χ4v) is 2.97. The highest BCUT2D eigenvalue weighted by Crippen LogP contribution is 2.26. The number of rotatable bonds is 5. The molecule has 2 aromatic carbocycles. The third-order valence-corrected chi connectivity index (χ3v) is 4.33. The normalized spacial score (nSPS) is 19.6. The van der Waals surface area contributed by atoms with Crippen LogP contribution in [0.15, 0.2) is 63.8 Å². The summed E-state index contributed by atoms with van der Waals surface area (Å²) in [5, 5.41) is 0.884. The lowest BCUT2D eigenvalue weighted by atomic mass is 10.1. The molecule has 5 nitrogen and oxygen atoms in total. The first-order valence-corrected chi connectivity index (χ1v) is 8.70. The standard InChI is InChI=1S/C21H20O5/c1-14-9-21(24-12-14)25-18-4-2-3-17(11-18)23-13-15-5-6-16-7-8-20(22)26-19(16)10-15/h2-8,10-11,14,21H,9,12-13H2,1H3/t14-,21?/m1/s1. The molecular weight excluding hydrogens is 332 g/mol. The first-order chi connectivity index (χ1) is 12.7. The van der Waals surface area contributed by atoms with E-state index in [1.54, 1.807) is 6.07 Å². The molecule has 26 heavy (non-hydrogen) atoms. The van der Waals surface area contributed by atoms with Gasteiger partial charge in [0.2, 0.25) is 0 Å². The molecule has 0 aliphatic carbocycles. The molecule has 5 heteroatoms. The van der Waals surface area contributed by atoms with Gasteiger partial charge < -0.3 is 18.6 Å². The summed E-state index contributed by atoms with van der Waals surface area (Å²) in [6, 6.07) is 16.4. The summed E-state index contributed by atoms with van der Waals surface area (Å²) in [5.74, 6) is 1.96. The molecule has 1 aromatic heterocycles. The minimum Gasteiger partial charge on any atom is -0.489 e. The van der Waals surface area contributed by atoms with Gasteiger partial charge in [0.05, 0.1) is 6.61 Å². The van der Waals surface area contributed by atoms with Crippen molar-refractivity contribution in [3.63, 3.8) is 0 Å². The number of benzene rings is 2. The maximum Gasteiger partial charge on any atom is 0.336 e. The lowest BCUT2D eigenvalue weighted by Crippen LogP contribution is -2.14. The summed E-state index contributed by atoms with van der Waals surface area (Å²) in [6.07, 6.45) is 0.705. The predicted octanol–water partition coefficient (Wildman–Crippen LogP) is 4.13. The molecule has 1 aliphatic rings. The van der Waals surface area contributed by atoms with E-state index in [0.29, 0.717) is 23.9 Å². The number of fused-ring (bicyclic) bond motifs is 1. The Morgan fingerprint density at radius 3 is 2.77 bits per heavy atom. The Kier molecular flexibility index (Phi) is 4.63. The van der Waals surface area contributed by atoms with Gasteiger partial charge in [-0.2, -0.15) is 0 Å². The molecule has 0 radical (unpaired) electrons. The minimum atomic E-state index is -0.358. The largest absolute Gasteiger partial charge is 0.489 e. The quantitative estimate of drug-likeness (QED) is 0.646. The lowest BCUT2D eigenvalue weighted by Gasteiger charge is -2.14. The average molecular weight is 352 g/mol. The molecule has 0 N–H and O–H groups in total. The van der Waals surface area contributed by atoms with Gasteiger partial charge in [0, 0.05) is 23.9 Å². The van der Waals surface area contributed by atoms with Gasteiger partial charge >= 0.3 is 5.63 Å². The number of hydrogen-bond donors (Lipinski definition) is 0. The Bertz CT molecular complexity index is 962. The second-order valence-corrected chi connectivity index (χ2v) is 6.61. The van der Waals surface area contributed by atoms with Crippen LogP contribution >= 0.6 is 0 Å². The van der Waals surface area contributed by atoms with Crippen LogP contribution in [0, 0.1) is 5.92 Å². The third-order valence-electron chi connectivity index (χ3n) is 4.33. The molecule has 134 valence electrons. The Hall–Kier alpha value is -2.79. The molecule has 2 atom stereocenters. The Morgan fingerprint density at radius 2 is 1.92 bits per heavy atom.